The van der Waals surface area contributed by atoms with Crippen molar-refractivity contribution >= 4 is 28.5 Å². The van der Waals surface area contributed by atoms with Gasteiger partial charge in [0.15, 0.2) is 5.78 Å². The average molecular weight is 353 g/mol. The summed E-state index contributed by atoms with van der Waals surface area (Å²) >= 11 is 0. The van der Waals surface area contributed by atoms with Crippen molar-refractivity contribution in [3.05, 3.63) is 42.5 Å². The van der Waals surface area contributed by atoms with Crippen molar-refractivity contribution < 1.29 is 14.3 Å². The van der Waals surface area contributed by atoms with Crippen LogP contribution in [-0.4, -0.2) is 33.9 Å². The Labute approximate surface area is 152 Å². The number of fused-ring (bicyclic) bond motifs is 1. The van der Waals surface area contributed by atoms with Gasteiger partial charge >= 0.3 is 5.97 Å². The quantitative estimate of drug-likeness (QED) is 0.625. The van der Waals surface area contributed by atoms with Gasteiger partial charge in [0.25, 0.3) is 0 Å². The number of carbonyl (C=O) groups excluding carboxylic acids is 2. The van der Waals surface area contributed by atoms with Crippen molar-refractivity contribution in [1.29, 1.82) is 0 Å². The van der Waals surface area contributed by atoms with Gasteiger partial charge in [-0.1, -0.05) is 39.0 Å². The summed E-state index contributed by atoms with van der Waals surface area (Å²) in [6, 6.07) is 7.50. The van der Waals surface area contributed by atoms with E-state index in [0.29, 0.717) is 12.1 Å². The van der Waals surface area contributed by atoms with E-state index in [0.717, 1.165) is 11.0 Å². The molecular weight excluding hydrogens is 330 g/mol. The minimum atomic E-state index is -0.410. The van der Waals surface area contributed by atoms with E-state index in [4.69, 9.17) is 0 Å². The van der Waals surface area contributed by atoms with Crippen molar-refractivity contribution in [3.63, 3.8) is 0 Å². The Hall–Kier alpha value is -2.76. The Morgan fingerprint density at radius 3 is 2.38 bits per heavy atom. The summed E-state index contributed by atoms with van der Waals surface area (Å²) in [5, 5.41) is 8.90. The molecule has 0 saturated carbocycles. The van der Waals surface area contributed by atoms with E-state index < -0.39 is 5.97 Å². The number of methoxy groups -OCH3 is 1. The van der Waals surface area contributed by atoms with Crippen LogP contribution >= 0.6 is 0 Å². The molecule has 0 radical (unpaired) electrons. The number of hydrogen-bond donors (Lipinski definition) is 0. The van der Waals surface area contributed by atoms with Crippen molar-refractivity contribution in [2.45, 2.75) is 27.2 Å². The summed E-state index contributed by atoms with van der Waals surface area (Å²) in [6.07, 6.45) is 5.66. The molecule has 3 rings (SSSR count). The number of carbonyl (C=O) groups is 2. The van der Waals surface area contributed by atoms with Crippen LogP contribution in [0.25, 0.3) is 16.7 Å². The van der Waals surface area contributed by atoms with Gasteiger partial charge in [0.2, 0.25) is 0 Å². The van der Waals surface area contributed by atoms with Crippen LogP contribution in [0.15, 0.2) is 42.5 Å². The summed E-state index contributed by atoms with van der Waals surface area (Å²) in [5.74, 6) is -0.642. The Morgan fingerprint density at radius 2 is 1.85 bits per heavy atom. The molecule has 1 aromatic heterocycles. The number of Topliss-reactive ketones (excluding diaryl/α,β-unsaturated/α-hetero) is 1. The zero-order valence-corrected chi connectivity index (χ0v) is 15.5. The molecule has 0 fully saturated rings. The standard InChI is InChI=1S/C20H23N3O3/c1-20(2,3)14-11-13(9-10-18(24)26-4)12-17(19(14)25)23-21-15-7-5-6-8-16(15)22-23/h5-10,12-14H,11H2,1-4H3. The lowest BCUT2D eigenvalue weighted by Gasteiger charge is -2.34. The van der Waals surface area contributed by atoms with E-state index in [1.165, 1.54) is 18.0 Å². The monoisotopic (exact) mass is 353 g/mol. The second-order valence-electron chi connectivity index (χ2n) is 7.59. The molecule has 1 aliphatic carbocycles. The Balaban J connectivity index is 2.03. The molecular formula is C20H23N3O3. The van der Waals surface area contributed by atoms with E-state index in [1.54, 1.807) is 6.08 Å². The lowest BCUT2D eigenvalue weighted by molar-refractivity contribution is -0.134. The van der Waals surface area contributed by atoms with Gasteiger partial charge in [0.1, 0.15) is 16.7 Å². The molecule has 6 heteroatoms. The second-order valence-corrected chi connectivity index (χ2v) is 7.59. The van der Waals surface area contributed by atoms with Gasteiger partial charge in [-0.25, -0.2) is 4.79 Å². The molecule has 2 unspecified atom stereocenters. The third-order valence-electron chi connectivity index (χ3n) is 4.68. The Morgan fingerprint density at radius 1 is 1.23 bits per heavy atom. The van der Waals surface area contributed by atoms with Crippen LogP contribution in [0.5, 0.6) is 0 Å². The molecule has 2 aromatic rings. The van der Waals surface area contributed by atoms with Crippen molar-refractivity contribution in [1.82, 2.24) is 15.0 Å². The van der Waals surface area contributed by atoms with E-state index in [2.05, 4.69) is 14.9 Å². The number of aromatic nitrogens is 3. The van der Waals surface area contributed by atoms with E-state index >= 15 is 0 Å². The largest absolute Gasteiger partial charge is 0.466 e. The van der Waals surface area contributed by atoms with Gasteiger partial charge in [0.05, 0.1) is 7.11 Å². The molecule has 0 aliphatic heterocycles. The molecule has 6 nitrogen and oxygen atoms in total. The molecule has 1 aromatic carbocycles. The first kappa shape index (κ1) is 18.0. The first-order valence-electron chi connectivity index (χ1n) is 8.64. The first-order valence-corrected chi connectivity index (χ1v) is 8.64. The maximum Gasteiger partial charge on any atom is 0.330 e. The molecule has 2 atom stereocenters. The topological polar surface area (TPSA) is 74.1 Å². The van der Waals surface area contributed by atoms with Crippen LogP contribution in [0.2, 0.25) is 0 Å². The number of nitrogens with zero attached hydrogens (tertiary/aromatic N) is 3. The highest BCUT2D eigenvalue weighted by atomic mass is 16.5. The molecule has 0 amide bonds. The summed E-state index contributed by atoms with van der Waals surface area (Å²) in [4.78, 5) is 26.0. The van der Waals surface area contributed by atoms with Gasteiger partial charge in [-0.05, 0) is 36.0 Å². The number of hydrogen-bond acceptors (Lipinski definition) is 5. The van der Waals surface area contributed by atoms with Crippen LogP contribution in [0.4, 0.5) is 0 Å². The van der Waals surface area contributed by atoms with Crippen molar-refractivity contribution in [3.8, 4) is 0 Å². The van der Waals surface area contributed by atoms with Gasteiger partial charge in [-0.3, -0.25) is 4.79 Å². The normalized spacial score (nSPS) is 21.2. The molecule has 136 valence electrons. The first-order chi connectivity index (χ1) is 12.3. The third kappa shape index (κ3) is 3.59. The second kappa shape index (κ2) is 6.86. The van der Waals surface area contributed by atoms with E-state index in [9.17, 15) is 9.59 Å². The van der Waals surface area contributed by atoms with Gasteiger partial charge < -0.3 is 4.74 Å². The molecule has 0 N–H and O–H groups in total. The highest BCUT2D eigenvalue weighted by Crippen LogP contribution is 2.39. The van der Waals surface area contributed by atoms with E-state index in [-0.39, 0.29) is 23.0 Å². The van der Waals surface area contributed by atoms with Crippen molar-refractivity contribution in [2.24, 2.45) is 17.3 Å². The number of allylic oxidation sites excluding steroid dienone is 3. The summed E-state index contributed by atoms with van der Waals surface area (Å²) in [6.45, 7) is 6.14. The van der Waals surface area contributed by atoms with Crippen LogP contribution in [0.1, 0.15) is 27.2 Å². The highest BCUT2D eigenvalue weighted by Gasteiger charge is 2.38. The summed E-state index contributed by atoms with van der Waals surface area (Å²) < 4.78 is 4.66. The predicted molar refractivity (Wildman–Crippen MR) is 99.0 cm³/mol. The minimum Gasteiger partial charge on any atom is -0.466 e. The number of esters is 1. The minimum absolute atomic E-state index is 0.0283. The zero-order valence-electron chi connectivity index (χ0n) is 15.5. The molecule has 0 saturated heterocycles. The SMILES string of the molecule is COC(=O)C=CC1C=C(n2nc3ccccc3n2)C(=O)C(C(C)(C)C)C1. The number of benzene rings is 1. The van der Waals surface area contributed by atoms with Crippen LogP contribution in [-0.2, 0) is 14.3 Å². The predicted octanol–water partition coefficient (Wildman–Crippen LogP) is 3.25. The molecule has 1 aliphatic rings. The smallest absolute Gasteiger partial charge is 0.330 e. The molecule has 0 spiro atoms. The Kier molecular flexibility index (Phi) is 4.76. The fourth-order valence-electron chi connectivity index (χ4n) is 3.19. The van der Waals surface area contributed by atoms with E-state index in [1.807, 2.05) is 51.1 Å². The zero-order chi connectivity index (χ0) is 18.9. The lowest BCUT2D eigenvalue weighted by Crippen LogP contribution is -2.35. The maximum atomic E-state index is 13.1. The van der Waals surface area contributed by atoms with Crippen LogP contribution in [0, 0.1) is 17.3 Å². The fraction of sp³-hybridized carbons (Fsp3) is 0.400. The molecule has 0 bridgehead atoms. The average Bonchev–Trinajstić information content (AvgIpc) is 3.03. The van der Waals surface area contributed by atoms with Gasteiger partial charge in [0, 0.05) is 12.0 Å². The number of ether oxygens (including phenoxy) is 1. The van der Waals surface area contributed by atoms with Crippen molar-refractivity contribution in [2.75, 3.05) is 7.11 Å². The molecule has 26 heavy (non-hydrogen) atoms. The van der Waals surface area contributed by atoms with Crippen LogP contribution in [0.3, 0.4) is 0 Å². The highest BCUT2D eigenvalue weighted by molar-refractivity contribution is 6.17. The van der Waals surface area contributed by atoms with Gasteiger partial charge in [-0.15, -0.1) is 15.0 Å². The molecule has 1 heterocycles. The van der Waals surface area contributed by atoms with Crippen LogP contribution < -0.4 is 0 Å². The fourth-order valence-corrected chi connectivity index (χ4v) is 3.19. The third-order valence-corrected chi connectivity index (χ3v) is 4.68. The number of rotatable bonds is 3. The summed E-state index contributed by atoms with van der Waals surface area (Å²) in [5.41, 5.74) is 1.72. The Bertz CT molecular complexity index is 869. The number of ketones is 1. The van der Waals surface area contributed by atoms with Gasteiger partial charge in [-0.2, -0.15) is 0 Å². The lowest BCUT2D eigenvalue weighted by atomic mass is 9.70. The summed E-state index contributed by atoms with van der Waals surface area (Å²) in [7, 11) is 1.34. The maximum absolute atomic E-state index is 13.1.